The molecule has 1 heterocycles. The Balaban J connectivity index is 2.02. The lowest BCUT2D eigenvalue weighted by atomic mass is 10.1. The van der Waals surface area contributed by atoms with Crippen molar-refractivity contribution in [3.05, 3.63) is 0 Å². The Morgan fingerprint density at radius 1 is 1.50 bits per heavy atom. The molecule has 0 aromatic heterocycles. The number of unbranched alkanes of at least 4 members (excludes halogenated alkanes) is 1. The van der Waals surface area contributed by atoms with Gasteiger partial charge in [0.2, 0.25) is 0 Å². The first-order valence-electron chi connectivity index (χ1n) is 4.49. The maximum atomic E-state index is 2.58. The van der Waals surface area contributed by atoms with E-state index in [2.05, 4.69) is 25.7 Å². The van der Waals surface area contributed by atoms with Gasteiger partial charge in [0.15, 0.2) is 0 Å². The zero-order chi connectivity index (χ0) is 7.56. The van der Waals surface area contributed by atoms with Crippen molar-refractivity contribution in [2.24, 2.45) is 5.92 Å². The van der Waals surface area contributed by atoms with Crippen LogP contribution in [0.1, 0.15) is 33.6 Å². The van der Waals surface area contributed by atoms with Gasteiger partial charge < -0.3 is 0 Å². The van der Waals surface area contributed by atoms with Crippen molar-refractivity contribution in [1.29, 1.82) is 0 Å². The van der Waals surface area contributed by atoms with Crippen LogP contribution in [0.25, 0.3) is 0 Å². The summed E-state index contributed by atoms with van der Waals surface area (Å²) in [6, 6.07) is 0.923. The van der Waals surface area contributed by atoms with Crippen LogP contribution in [0.2, 0.25) is 0 Å². The molecule has 0 saturated carbocycles. The number of hydrogen-bond acceptors (Lipinski definition) is 1. The fourth-order valence-corrected chi connectivity index (χ4v) is 1.44. The van der Waals surface area contributed by atoms with Crippen LogP contribution in [-0.4, -0.2) is 24.0 Å². The standard InChI is InChI=1S/C9H19N/c1-4-5-6-10-7-9(10)8(2)3/h8-9H,4-7H2,1-3H3. The highest BCUT2D eigenvalue weighted by Gasteiger charge is 2.34. The molecular weight excluding hydrogens is 122 g/mol. The smallest absolute Gasteiger partial charge is 0.0246 e. The van der Waals surface area contributed by atoms with Crippen molar-refractivity contribution in [3.63, 3.8) is 0 Å². The fraction of sp³-hybridized carbons (Fsp3) is 1.00. The molecule has 1 saturated heterocycles. The molecule has 60 valence electrons. The Bertz CT molecular complexity index is 98.9. The Kier molecular flexibility index (Phi) is 2.72. The summed E-state index contributed by atoms with van der Waals surface area (Å²) in [4.78, 5) is 2.58. The molecule has 1 aliphatic heterocycles. The normalized spacial score (nSPS) is 31.2. The van der Waals surface area contributed by atoms with Crippen LogP contribution in [0.4, 0.5) is 0 Å². The molecule has 0 aromatic rings. The Morgan fingerprint density at radius 3 is 2.60 bits per heavy atom. The minimum atomic E-state index is 0.872. The summed E-state index contributed by atoms with van der Waals surface area (Å²) in [6.45, 7) is 9.58. The molecule has 1 aliphatic rings. The highest BCUT2D eigenvalue weighted by molar-refractivity contribution is 4.90. The molecule has 1 rings (SSSR count). The predicted molar refractivity (Wildman–Crippen MR) is 45.1 cm³/mol. The van der Waals surface area contributed by atoms with Crippen molar-refractivity contribution >= 4 is 0 Å². The van der Waals surface area contributed by atoms with Crippen LogP contribution in [0.3, 0.4) is 0 Å². The number of rotatable bonds is 4. The fourth-order valence-electron chi connectivity index (χ4n) is 1.44. The topological polar surface area (TPSA) is 3.01 Å². The van der Waals surface area contributed by atoms with Crippen LogP contribution in [-0.2, 0) is 0 Å². The van der Waals surface area contributed by atoms with E-state index >= 15 is 0 Å². The summed E-state index contributed by atoms with van der Waals surface area (Å²) in [5.74, 6) is 0.872. The quantitative estimate of drug-likeness (QED) is 0.542. The molecule has 0 aromatic carbocycles. The van der Waals surface area contributed by atoms with Gasteiger partial charge >= 0.3 is 0 Å². The van der Waals surface area contributed by atoms with Gasteiger partial charge in [-0.1, -0.05) is 27.2 Å². The van der Waals surface area contributed by atoms with Crippen LogP contribution >= 0.6 is 0 Å². The summed E-state index contributed by atoms with van der Waals surface area (Å²) < 4.78 is 0. The third-order valence-corrected chi connectivity index (χ3v) is 2.33. The van der Waals surface area contributed by atoms with E-state index in [0.29, 0.717) is 0 Å². The summed E-state index contributed by atoms with van der Waals surface area (Å²) in [6.07, 6.45) is 2.71. The van der Waals surface area contributed by atoms with Crippen molar-refractivity contribution in [2.45, 2.75) is 39.7 Å². The lowest BCUT2D eigenvalue weighted by molar-refractivity contribution is 0.434. The van der Waals surface area contributed by atoms with Gasteiger partial charge in [-0.25, -0.2) is 0 Å². The lowest BCUT2D eigenvalue weighted by Gasteiger charge is -2.03. The second kappa shape index (κ2) is 3.38. The largest absolute Gasteiger partial charge is 0.297 e. The third kappa shape index (κ3) is 1.98. The molecule has 0 aliphatic carbocycles. The maximum absolute atomic E-state index is 2.58. The average molecular weight is 141 g/mol. The highest BCUT2D eigenvalue weighted by atomic mass is 15.3. The van der Waals surface area contributed by atoms with Gasteiger partial charge in [-0.15, -0.1) is 0 Å². The van der Waals surface area contributed by atoms with Crippen molar-refractivity contribution in [1.82, 2.24) is 4.90 Å². The molecule has 2 unspecified atom stereocenters. The molecule has 1 fully saturated rings. The van der Waals surface area contributed by atoms with Gasteiger partial charge in [-0.05, 0) is 18.9 Å². The Morgan fingerprint density at radius 2 is 2.20 bits per heavy atom. The van der Waals surface area contributed by atoms with Crippen molar-refractivity contribution < 1.29 is 0 Å². The first kappa shape index (κ1) is 8.06. The summed E-state index contributed by atoms with van der Waals surface area (Å²) in [7, 11) is 0. The molecule has 0 amide bonds. The summed E-state index contributed by atoms with van der Waals surface area (Å²) in [5.41, 5.74) is 0. The molecule has 1 nitrogen and oxygen atoms in total. The van der Waals surface area contributed by atoms with E-state index in [4.69, 9.17) is 0 Å². The molecule has 1 heteroatoms. The zero-order valence-corrected chi connectivity index (χ0v) is 7.43. The van der Waals surface area contributed by atoms with E-state index < -0.39 is 0 Å². The first-order chi connectivity index (χ1) is 4.75. The third-order valence-electron chi connectivity index (χ3n) is 2.33. The van der Waals surface area contributed by atoms with E-state index in [0.717, 1.165) is 12.0 Å². The van der Waals surface area contributed by atoms with Gasteiger partial charge in [0, 0.05) is 12.6 Å². The minimum Gasteiger partial charge on any atom is -0.297 e. The monoisotopic (exact) mass is 141 g/mol. The number of nitrogens with zero attached hydrogens (tertiary/aromatic N) is 1. The van der Waals surface area contributed by atoms with E-state index in [1.54, 1.807) is 0 Å². The first-order valence-corrected chi connectivity index (χ1v) is 4.49. The summed E-state index contributed by atoms with van der Waals surface area (Å²) >= 11 is 0. The van der Waals surface area contributed by atoms with E-state index in [-0.39, 0.29) is 0 Å². The summed E-state index contributed by atoms with van der Waals surface area (Å²) in [5, 5.41) is 0. The Hall–Kier alpha value is -0.0400. The molecule has 2 atom stereocenters. The van der Waals surface area contributed by atoms with E-state index in [1.807, 2.05) is 0 Å². The van der Waals surface area contributed by atoms with Gasteiger partial charge in [0.05, 0.1) is 0 Å². The maximum Gasteiger partial charge on any atom is 0.0246 e. The van der Waals surface area contributed by atoms with Crippen molar-refractivity contribution in [2.75, 3.05) is 13.1 Å². The van der Waals surface area contributed by atoms with E-state index in [9.17, 15) is 0 Å². The van der Waals surface area contributed by atoms with Crippen LogP contribution < -0.4 is 0 Å². The molecule has 0 spiro atoms. The molecular formula is C9H19N. The van der Waals surface area contributed by atoms with Gasteiger partial charge in [-0.2, -0.15) is 0 Å². The Labute approximate surface area is 64.4 Å². The molecule has 0 radical (unpaired) electrons. The van der Waals surface area contributed by atoms with Gasteiger partial charge in [0.25, 0.3) is 0 Å². The average Bonchev–Trinajstić information content (AvgIpc) is 2.62. The SMILES string of the molecule is CCCCN1CC1C(C)C. The van der Waals surface area contributed by atoms with Gasteiger partial charge in [-0.3, -0.25) is 4.90 Å². The van der Waals surface area contributed by atoms with Gasteiger partial charge in [0.1, 0.15) is 0 Å². The second-order valence-electron chi connectivity index (χ2n) is 3.66. The van der Waals surface area contributed by atoms with Crippen LogP contribution in [0.15, 0.2) is 0 Å². The van der Waals surface area contributed by atoms with Crippen LogP contribution in [0.5, 0.6) is 0 Å². The van der Waals surface area contributed by atoms with Crippen molar-refractivity contribution in [3.8, 4) is 0 Å². The zero-order valence-electron chi connectivity index (χ0n) is 7.43. The van der Waals surface area contributed by atoms with Crippen LogP contribution in [0, 0.1) is 5.92 Å². The molecule has 0 N–H and O–H groups in total. The molecule has 0 bridgehead atoms. The predicted octanol–water partition coefficient (Wildman–Crippen LogP) is 2.13. The minimum absolute atomic E-state index is 0.872. The lowest BCUT2D eigenvalue weighted by Crippen LogP contribution is -2.08. The van der Waals surface area contributed by atoms with E-state index in [1.165, 1.54) is 25.9 Å². The second-order valence-corrected chi connectivity index (χ2v) is 3.66. The highest BCUT2D eigenvalue weighted by Crippen LogP contribution is 2.24. The molecule has 10 heavy (non-hydrogen) atoms. The number of hydrogen-bond donors (Lipinski definition) is 0.